The van der Waals surface area contributed by atoms with Crippen molar-refractivity contribution in [2.24, 2.45) is 0 Å². The van der Waals surface area contributed by atoms with Crippen LogP contribution in [0.15, 0.2) is 58.4 Å². The van der Waals surface area contributed by atoms with Gasteiger partial charge in [-0.05, 0) is 24.3 Å². The summed E-state index contributed by atoms with van der Waals surface area (Å²) < 4.78 is 18.5. The predicted molar refractivity (Wildman–Crippen MR) is 93.9 cm³/mol. The molecule has 0 saturated carbocycles. The van der Waals surface area contributed by atoms with E-state index in [0.717, 1.165) is 5.39 Å². The number of anilines is 1. The van der Waals surface area contributed by atoms with Gasteiger partial charge in [-0.15, -0.1) is 11.3 Å². The Morgan fingerprint density at radius 1 is 1.20 bits per heavy atom. The van der Waals surface area contributed by atoms with Gasteiger partial charge in [-0.2, -0.15) is 0 Å². The van der Waals surface area contributed by atoms with Gasteiger partial charge in [0.15, 0.2) is 10.7 Å². The van der Waals surface area contributed by atoms with Crippen molar-refractivity contribution < 1.29 is 13.7 Å². The number of para-hydroxylation sites is 1. The van der Waals surface area contributed by atoms with Gasteiger partial charge in [-0.3, -0.25) is 4.79 Å². The lowest BCUT2D eigenvalue weighted by Gasteiger charge is -2.00. The maximum absolute atomic E-state index is 13.3. The van der Waals surface area contributed by atoms with Crippen molar-refractivity contribution in [2.45, 2.75) is 6.42 Å². The molecule has 1 amide bonds. The molecule has 0 spiro atoms. The SMILES string of the molecule is O=C(Cc1noc2ccccc12)Nc1nc(-c2cccc(F)c2)cs1. The molecule has 124 valence electrons. The minimum absolute atomic E-state index is 0.0892. The van der Waals surface area contributed by atoms with Crippen LogP contribution in [-0.4, -0.2) is 16.0 Å². The number of thiazole rings is 1. The number of carbonyl (C=O) groups is 1. The third kappa shape index (κ3) is 3.27. The van der Waals surface area contributed by atoms with Crippen LogP contribution in [0.5, 0.6) is 0 Å². The summed E-state index contributed by atoms with van der Waals surface area (Å²) in [5, 5.41) is 9.73. The van der Waals surface area contributed by atoms with Crippen molar-refractivity contribution in [3.63, 3.8) is 0 Å². The highest BCUT2D eigenvalue weighted by Crippen LogP contribution is 2.25. The molecule has 2 aromatic heterocycles. The summed E-state index contributed by atoms with van der Waals surface area (Å²) in [6.07, 6.45) is 0.0892. The average Bonchev–Trinajstić information content (AvgIpc) is 3.23. The van der Waals surface area contributed by atoms with Crippen molar-refractivity contribution in [3.05, 3.63) is 65.4 Å². The molecule has 0 unspecified atom stereocenters. The van der Waals surface area contributed by atoms with Crippen LogP contribution in [0.2, 0.25) is 0 Å². The molecular weight excluding hydrogens is 341 g/mol. The zero-order valence-corrected chi connectivity index (χ0v) is 13.7. The van der Waals surface area contributed by atoms with E-state index in [1.54, 1.807) is 23.6 Å². The number of nitrogens with one attached hydrogen (secondary N) is 1. The van der Waals surface area contributed by atoms with E-state index >= 15 is 0 Å². The lowest BCUT2D eigenvalue weighted by molar-refractivity contribution is -0.115. The quantitative estimate of drug-likeness (QED) is 0.595. The van der Waals surface area contributed by atoms with Crippen LogP contribution >= 0.6 is 11.3 Å². The van der Waals surface area contributed by atoms with Crippen LogP contribution < -0.4 is 5.32 Å². The Kier molecular flexibility index (Phi) is 3.99. The highest BCUT2D eigenvalue weighted by Gasteiger charge is 2.14. The van der Waals surface area contributed by atoms with Crippen molar-refractivity contribution in [2.75, 3.05) is 5.32 Å². The number of amides is 1. The molecule has 7 heteroatoms. The second-order valence-corrected chi connectivity index (χ2v) is 6.26. The molecule has 1 N–H and O–H groups in total. The summed E-state index contributed by atoms with van der Waals surface area (Å²) >= 11 is 1.29. The molecule has 0 fully saturated rings. The van der Waals surface area contributed by atoms with Gasteiger partial charge in [-0.25, -0.2) is 9.37 Å². The zero-order chi connectivity index (χ0) is 17.2. The number of carbonyl (C=O) groups excluding carboxylic acids is 1. The molecular formula is C18H12FN3O2S. The minimum atomic E-state index is -0.325. The van der Waals surface area contributed by atoms with Gasteiger partial charge in [0, 0.05) is 16.3 Å². The van der Waals surface area contributed by atoms with Gasteiger partial charge < -0.3 is 9.84 Å². The third-order valence-corrected chi connectivity index (χ3v) is 4.41. The summed E-state index contributed by atoms with van der Waals surface area (Å²) in [6.45, 7) is 0. The normalized spacial score (nSPS) is 10.9. The van der Waals surface area contributed by atoms with Gasteiger partial charge in [0.2, 0.25) is 5.91 Å². The molecule has 25 heavy (non-hydrogen) atoms. The zero-order valence-electron chi connectivity index (χ0n) is 12.9. The molecule has 0 aliphatic heterocycles. The first kappa shape index (κ1) is 15.5. The summed E-state index contributed by atoms with van der Waals surface area (Å²) in [5.74, 6) is -0.562. The van der Waals surface area contributed by atoms with E-state index in [1.165, 1.54) is 23.5 Å². The molecule has 0 atom stereocenters. The standard InChI is InChI=1S/C18H12FN3O2S/c19-12-5-3-4-11(8-12)15-10-25-18(20-15)21-17(23)9-14-13-6-1-2-7-16(13)24-22-14/h1-8,10H,9H2,(H,20,21,23). The summed E-state index contributed by atoms with van der Waals surface area (Å²) in [5.41, 5.74) is 2.51. The van der Waals surface area contributed by atoms with E-state index in [0.29, 0.717) is 27.7 Å². The second kappa shape index (κ2) is 6.45. The summed E-state index contributed by atoms with van der Waals surface area (Å²) in [7, 11) is 0. The maximum Gasteiger partial charge on any atom is 0.232 e. The number of hydrogen-bond donors (Lipinski definition) is 1. The highest BCUT2D eigenvalue weighted by atomic mass is 32.1. The van der Waals surface area contributed by atoms with Gasteiger partial charge >= 0.3 is 0 Å². The maximum atomic E-state index is 13.3. The summed E-state index contributed by atoms with van der Waals surface area (Å²) in [6, 6.07) is 13.6. The molecule has 2 aromatic carbocycles. The van der Waals surface area contributed by atoms with E-state index in [1.807, 2.05) is 18.2 Å². The Morgan fingerprint density at radius 2 is 2.08 bits per heavy atom. The molecule has 0 bridgehead atoms. The van der Waals surface area contributed by atoms with Crippen LogP contribution in [0.1, 0.15) is 5.69 Å². The van der Waals surface area contributed by atoms with Gasteiger partial charge in [-0.1, -0.05) is 29.4 Å². The molecule has 0 aliphatic rings. The van der Waals surface area contributed by atoms with Crippen molar-refractivity contribution in [1.82, 2.24) is 10.1 Å². The number of halogens is 1. The first-order chi connectivity index (χ1) is 12.2. The highest BCUT2D eigenvalue weighted by molar-refractivity contribution is 7.14. The average molecular weight is 353 g/mol. The Morgan fingerprint density at radius 3 is 2.96 bits per heavy atom. The molecule has 0 saturated heterocycles. The summed E-state index contributed by atoms with van der Waals surface area (Å²) in [4.78, 5) is 16.6. The predicted octanol–water partition coefficient (Wildman–Crippen LogP) is 4.27. The second-order valence-electron chi connectivity index (χ2n) is 5.40. The fraction of sp³-hybridized carbons (Fsp3) is 0.0556. The molecule has 0 radical (unpaired) electrons. The van der Waals surface area contributed by atoms with Crippen LogP contribution in [0.25, 0.3) is 22.2 Å². The fourth-order valence-electron chi connectivity index (χ4n) is 2.49. The monoisotopic (exact) mass is 353 g/mol. The van der Waals surface area contributed by atoms with Crippen LogP contribution in [0.4, 0.5) is 9.52 Å². The Labute approximate surface area is 146 Å². The fourth-order valence-corrected chi connectivity index (χ4v) is 3.23. The van der Waals surface area contributed by atoms with E-state index in [9.17, 15) is 9.18 Å². The smallest absolute Gasteiger partial charge is 0.232 e. The van der Waals surface area contributed by atoms with Gasteiger partial charge in [0.1, 0.15) is 11.5 Å². The van der Waals surface area contributed by atoms with Crippen LogP contribution in [0, 0.1) is 5.82 Å². The van der Waals surface area contributed by atoms with E-state index in [-0.39, 0.29) is 18.1 Å². The van der Waals surface area contributed by atoms with E-state index in [2.05, 4.69) is 15.5 Å². The Balaban J connectivity index is 1.48. The number of hydrogen-bond acceptors (Lipinski definition) is 5. The van der Waals surface area contributed by atoms with E-state index < -0.39 is 0 Å². The number of fused-ring (bicyclic) bond motifs is 1. The first-order valence-corrected chi connectivity index (χ1v) is 8.41. The lowest BCUT2D eigenvalue weighted by atomic mass is 10.2. The largest absolute Gasteiger partial charge is 0.356 e. The van der Waals surface area contributed by atoms with Crippen molar-refractivity contribution in [1.29, 1.82) is 0 Å². The topological polar surface area (TPSA) is 68.0 Å². The molecule has 5 nitrogen and oxygen atoms in total. The van der Waals surface area contributed by atoms with Gasteiger partial charge in [0.05, 0.1) is 12.1 Å². The number of benzene rings is 2. The minimum Gasteiger partial charge on any atom is -0.356 e. The number of aromatic nitrogens is 2. The number of rotatable bonds is 4. The Hall–Kier alpha value is -3.06. The lowest BCUT2D eigenvalue weighted by Crippen LogP contribution is -2.14. The van der Waals surface area contributed by atoms with Crippen LogP contribution in [-0.2, 0) is 11.2 Å². The first-order valence-electron chi connectivity index (χ1n) is 7.53. The van der Waals surface area contributed by atoms with Crippen molar-refractivity contribution in [3.8, 4) is 11.3 Å². The third-order valence-electron chi connectivity index (χ3n) is 3.65. The number of nitrogens with zero attached hydrogens (tertiary/aromatic N) is 2. The van der Waals surface area contributed by atoms with Gasteiger partial charge in [0.25, 0.3) is 0 Å². The van der Waals surface area contributed by atoms with Crippen molar-refractivity contribution >= 4 is 33.3 Å². The molecule has 4 aromatic rings. The van der Waals surface area contributed by atoms with Crippen LogP contribution in [0.3, 0.4) is 0 Å². The molecule has 0 aliphatic carbocycles. The molecule has 4 rings (SSSR count). The molecule has 2 heterocycles. The Bertz CT molecular complexity index is 1060. The van der Waals surface area contributed by atoms with E-state index in [4.69, 9.17) is 4.52 Å².